The smallest absolute Gasteiger partial charge is 0.224 e. The van der Waals surface area contributed by atoms with Crippen LogP contribution in [0.5, 0.6) is 0 Å². The predicted molar refractivity (Wildman–Crippen MR) is 87.9 cm³/mol. The molecule has 2 rings (SSSR count). The zero-order chi connectivity index (χ0) is 15.4. The van der Waals surface area contributed by atoms with Crippen molar-refractivity contribution in [1.29, 1.82) is 0 Å². The van der Waals surface area contributed by atoms with Crippen LogP contribution in [0, 0.1) is 6.92 Å². The number of aryl methyl sites for hydroxylation is 1. The van der Waals surface area contributed by atoms with Crippen molar-refractivity contribution in [3.8, 4) is 0 Å². The summed E-state index contributed by atoms with van der Waals surface area (Å²) in [6, 6.07) is 13.2. The lowest BCUT2D eigenvalue weighted by Crippen LogP contribution is -2.28. The molecule has 2 aromatic rings. The van der Waals surface area contributed by atoms with Gasteiger partial charge in [-0.3, -0.25) is 4.79 Å². The minimum atomic E-state index is -0.0378. The Hall–Kier alpha value is -1.51. The van der Waals surface area contributed by atoms with Gasteiger partial charge in [0.05, 0.1) is 22.5 Å². The number of nitrogens with one attached hydrogen (secondary N) is 1. The second-order valence-electron chi connectivity index (χ2n) is 5.07. The molecule has 0 aliphatic heterocycles. The molecule has 0 saturated heterocycles. The number of rotatable bonds is 4. The zero-order valence-corrected chi connectivity index (χ0v) is 13.5. The summed E-state index contributed by atoms with van der Waals surface area (Å²) in [6.07, 6.45) is 0.285. The lowest BCUT2D eigenvalue weighted by atomic mass is 10.0. The van der Waals surface area contributed by atoms with E-state index in [4.69, 9.17) is 23.2 Å². The van der Waals surface area contributed by atoms with Crippen molar-refractivity contribution in [3.05, 3.63) is 69.2 Å². The van der Waals surface area contributed by atoms with Gasteiger partial charge in [-0.15, -0.1) is 0 Å². The second kappa shape index (κ2) is 6.97. The average Bonchev–Trinajstić information content (AvgIpc) is 2.43. The van der Waals surface area contributed by atoms with Gasteiger partial charge in [0.2, 0.25) is 5.91 Å². The first-order chi connectivity index (χ1) is 9.97. The van der Waals surface area contributed by atoms with Gasteiger partial charge in [-0.2, -0.15) is 0 Å². The van der Waals surface area contributed by atoms with Crippen molar-refractivity contribution in [2.75, 3.05) is 0 Å². The molecule has 2 nitrogen and oxygen atoms in total. The first kappa shape index (κ1) is 15.9. The molecule has 1 N–H and O–H groups in total. The first-order valence-corrected chi connectivity index (χ1v) is 7.52. The summed E-state index contributed by atoms with van der Waals surface area (Å²) in [5.74, 6) is -0.0378. The van der Waals surface area contributed by atoms with Crippen LogP contribution in [0.15, 0.2) is 42.5 Å². The fourth-order valence-corrected chi connectivity index (χ4v) is 2.60. The number of benzene rings is 2. The molecule has 1 atom stereocenters. The molecule has 0 fully saturated rings. The molecule has 0 aliphatic rings. The van der Waals surface area contributed by atoms with Crippen LogP contribution in [0.2, 0.25) is 10.0 Å². The van der Waals surface area contributed by atoms with E-state index in [2.05, 4.69) is 5.32 Å². The quantitative estimate of drug-likeness (QED) is 0.867. The number of amides is 1. The second-order valence-corrected chi connectivity index (χ2v) is 5.89. The van der Waals surface area contributed by atoms with Crippen molar-refractivity contribution in [2.24, 2.45) is 0 Å². The summed E-state index contributed by atoms with van der Waals surface area (Å²) >= 11 is 11.8. The molecule has 21 heavy (non-hydrogen) atoms. The summed E-state index contributed by atoms with van der Waals surface area (Å²) in [6.45, 7) is 4.02. The van der Waals surface area contributed by atoms with Gasteiger partial charge in [-0.05, 0) is 42.7 Å². The number of halogens is 2. The van der Waals surface area contributed by atoms with E-state index in [1.165, 1.54) is 5.56 Å². The Morgan fingerprint density at radius 1 is 1.14 bits per heavy atom. The fraction of sp³-hybridized carbons (Fsp3) is 0.235. The summed E-state index contributed by atoms with van der Waals surface area (Å²) in [5, 5.41) is 3.97. The van der Waals surface area contributed by atoms with Gasteiger partial charge < -0.3 is 5.32 Å². The van der Waals surface area contributed by atoms with E-state index in [1.54, 1.807) is 12.1 Å². The minimum absolute atomic E-state index is 0.0264. The highest BCUT2D eigenvalue weighted by Gasteiger charge is 2.12. The van der Waals surface area contributed by atoms with Gasteiger partial charge in [-0.25, -0.2) is 0 Å². The molecular formula is C17H17Cl2NO. The molecule has 1 amide bonds. The summed E-state index contributed by atoms with van der Waals surface area (Å²) in [7, 11) is 0. The Balaban J connectivity index is 2.01. The maximum atomic E-state index is 12.1. The predicted octanol–water partition coefficient (Wildman–Crippen LogP) is 4.72. The molecule has 0 heterocycles. The van der Waals surface area contributed by atoms with Crippen molar-refractivity contribution in [2.45, 2.75) is 26.3 Å². The molecule has 0 radical (unpaired) electrons. The highest BCUT2D eigenvalue weighted by atomic mass is 35.5. The highest BCUT2D eigenvalue weighted by molar-refractivity contribution is 6.42. The Morgan fingerprint density at radius 3 is 2.52 bits per heavy atom. The van der Waals surface area contributed by atoms with Gasteiger partial charge in [0.25, 0.3) is 0 Å². The molecule has 0 bridgehead atoms. The highest BCUT2D eigenvalue weighted by Crippen LogP contribution is 2.23. The first-order valence-electron chi connectivity index (χ1n) is 6.76. The zero-order valence-electron chi connectivity index (χ0n) is 12.0. The molecule has 0 spiro atoms. The van der Waals surface area contributed by atoms with Crippen molar-refractivity contribution >= 4 is 29.1 Å². The van der Waals surface area contributed by atoms with Gasteiger partial charge in [0.15, 0.2) is 0 Å². The fourth-order valence-electron chi connectivity index (χ4n) is 2.28. The van der Waals surface area contributed by atoms with Gasteiger partial charge in [0, 0.05) is 0 Å². The maximum absolute atomic E-state index is 12.1. The number of hydrogen-bond acceptors (Lipinski definition) is 1. The standard InChI is InChI=1S/C17H17Cl2NO/c1-11-5-3-4-6-14(11)12(2)20-17(21)10-13-7-8-15(18)16(19)9-13/h3-9,12H,10H2,1-2H3,(H,20,21). The maximum Gasteiger partial charge on any atom is 0.224 e. The average molecular weight is 322 g/mol. The molecule has 2 aromatic carbocycles. The van der Waals surface area contributed by atoms with Crippen LogP contribution in [0.1, 0.15) is 29.7 Å². The molecule has 0 saturated carbocycles. The monoisotopic (exact) mass is 321 g/mol. The largest absolute Gasteiger partial charge is 0.349 e. The van der Waals surface area contributed by atoms with E-state index in [9.17, 15) is 4.79 Å². The van der Waals surface area contributed by atoms with E-state index >= 15 is 0 Å². The molecule has 0 aromatic heterocycles. The van der Waals surface area contributed by atoms with E-state index in [1.807, 2.05) is 44.2 Å². The Morgan fingerprint density at radius 2 is 1.86 bits per heavy atom. The normalized spacial score (nSPS) is 12.0. The van der Waals surface area contributed by atoms with Crippen LogP contribution in [0.4, 0.5) is 0 Å². The van der Waals surface area contributed by atoms with Crippen LogP contribution in [0.25, 0.3) is 0 Å². The number of carbonyl (C=O) groups excluding carboxylic acids is 1. The molecular weight excluding hydrogens is 305 g/mol. The number of carbonyl (C=O) groups is 1. The topological polar surface area (TPSA) is 29.1 Å². The van der Waals surface area contributed by atoms with Crippen LogP contribution in [0.3, 0.4) is 0 Å². The van der Waals surface area contributed by atoms with Crippen molar-refractivity contribution in [1.82, 2.24) is 5.32 Å². The molecule has 4 heteroatoms. The van der Waals surface area contributed by atoms with Crippen LogP contribution >= 0.6 is 23.2 Å². The molecule has 0 aliphatic carbocycles. The lowest BCUT2D eigenvalue weighted by molar-refractivity contribution is -0.121. The molecule has 110 valence electrons. The van der Waals surface area contributed by atoms with Crippen molar-refractivity contribution in [3.63, 3.8) is 0 Å². The third-order valence-corrected chi connectivity index (χ3v) is 4.12. The van der Waals surface area contributed by atoms with Gasteiger partial charge >= 0.3 is 0 Å². The Kier molecular flexibility index (Phi) is 5.27. The third-order valence-electron chi connectivity index (χ3n) is 3.38. The third kappa shape index (κ3) is 4.23. The van der Waals surface area contributed by atoms with Crippen LogP contribution in [-0.4, -0.2) is 5.91 Å². The molecule has 1 unspecified atom stereocenters. The van der Waals surface area contributed by atoms with Gasteiger partial charge in [0.1, 0.15) is 0 Å². The summed E-state index contributed by atoms with van der Waals surface area (Å²) < 4.78 is 0. The van der Waals surface area contributed by atoms with E-state index in [0.29, 0.717) is 10.0 Å². The van der Waals surface area contributed by atoms with Crippen LogP contribution < -0.4 is 5.32 Å². The number of hydrogen-bond donors (Lipinski definition) is 1. The summed E-state index contributed by atoms with van der Waals surface area (Å²) in [5.41, 5.74) is 3.14. The van der Waals surface area contributed by atoms with E-state index in [-0.39, 0.29) is 18.4 Å². The van der Waals surface area contributed by atoms with Crippen LogP contribution in [-0.2, 0) is 11.2 Å². The lowest BCUT2D eigenvalue weighted by Gasteiger charge is -2.16. The Labute approximate surface area is 135 Å². The van der Waals surface area contributed by atoms with Crippen molar-refractivity contribution < 1.29 is 4.79 Å². The summed E-state index contributed by atoms with van der Waals surface area (Å²) in [4.78, 5) is 12.1. The van der Waals surface area contributed by atoms with E-state index < -0.39 is 0 Å². The SMILES string of the molecule is Cc1ccccc1C(C)NC(=O)Cc1ccc(Cl)c(Cl)c1. The van der Waals surface area contributed by atoms with Gasteiger partial charge in [-0.1, -0.05) is 53.5 Å². The minimum Gasteiger partial charge on any atom is -0.349 e. The van der Waals surface area contributed by atoms with E-state index in [0.717, 1.165) is 11.1 Å². The Bertz CT molecular complexity index is 655.